The van der Waals surface area contributed by atoms with Crippen LogP contribution in [0.5, 0.6) is 0 Å². The molecule has 0 radical (unpaired) electrons. The van der Waals surface area contributed by atoms with Gasteiger partial charge in [-0.3, -0.25) is 0 Å². The Bertz CT molecular complexity index is 320. The average Bonchev–Trinajstić information content (AvgIpc) is 2.43. The summed E-state index contributed by atoms with van der Waals surface area (Å²) in [6.07, 6.45) is 1.91. The van der Waals surface area contributed by atoms with Crippen molar-refractivity contribution in [1.82, 2.24) is 4.90 Å². The summed E-state index contributed by atoms with van der Waals surface area (Å²) in [5.41, 5.74) is -0.101. The number of likely N-dealkylation sites (N-methyl/N-ethyl adjacent to an activating group) is 1. The van der Waals surface area contributed by atoms with E-state index in [1.54, 1.807) is 0 Å². The second kappa shape index (κ2) is 10.2. The first-order valence-corrected chi connectivity index (χ1v) is 9.01. The van der Waals surface area contributed by atoms with E-state index in [0.29, 0.717) is 26.4 Å². The minimum Gasteiger partial charge on any atom is -0.379 e. The van der Waals surface area contributed by atoms with Gasteiger partial charge in [0.2, 0.25) is 0 Å². The summed E-state index contributed by atoms with van der Waals surface area (Å²) in [5.74, 6) is 0. The van der Waals surface area contributed by atoms with Crippen LogP contribution in [0.4, 0.5) is 0 Å². The van der Waals surface area contributed by atoms with E-state index in [2.05, 4.69) is 24.6 Å². The number of thiol groups is 1. The maximum Gasteiger partial charge on any atom is 0.108 e. The standard InChI is InChI=1S/C17H35NO4S/c1-16(2,3)21-12-11-19-9-6-7-17(4,23)22-14-15-13-18(5)8-10-20-15/h15,23H,6-14H2,1-5H3/t15-,17?/m0/s1. The lowest BCUT2D eigenvalue weighted by Gasteiger charge is -2.32. The highest BCUT2D eigenvalue weighted by Gasteiger charge is 2.24. The molecule has 23 heavy (non-hydrogen) atoms. The molecule has 0 aliphatic carbocycles. The maximum absolute atomic E-state index is 5.92. The molecule has 0 saturated carbocycles. The Morgan fingerprint density at radius 1 is 1.13 bits per heavy atom. The number of hydrogen-bond acceptors (Lipinski definition) is 6. The van der Waals surface area contributed by atoms with Gasteiger partial charge in [-0.2, -0.15) is 0 Å². The van der Waals surface area contributed by atoms with Crippen LogP contribution in [-0.2, 0) is 18.9 Å². The summed E-state index contributed by atoms with van der Waals surface area (Å²) < 4.78 is 22.8. The lowest BCUT2D eigenvalue weighted by atomic mass is 10.2. The maximum atomic E-state index is 5.92. The Morgan fingerprint density at radius 3 is 2.52 bits per heavy atom. The molecule has 0 N–H and O–H groups in total. The fourth-order valence-electron chi connectivity index (χ4n) is 2.32. The predicted molar refractivity (Wildman–Crippen MR) is 96.3 cm³/mol. The molecular formula is C17H35NO4S. The van der Waals surface area contributed by atoms with Crippen LogP contribution in [0.25, 0.3) is 0 Å². The Morgan fingerprint density at radius 2 is 1.87 bits per heavy atom. The quantitative estimate of drug-likeness (QED) is 0.373. The fraction of sp³-hybridized carbons (Fsp3) is 1.00. The number of rotatable bonds is 10. The lowest BCUT2D eigenvalue weighted by Crippen LogP contribution is -2.43. The van der Waals surface area contributed by atoms with Gasteiger partial charge in [-0.05, 0) is 47.6 Å². The van der Waals surface area contributed by atoms with E-state index in [0.717, 1.165) is 32.5 Å². The molecule has 1 saturated heterocycles. The fourth-order valence-corrected chi connectivity index (χ4v) is 2.56. The van der Waals surface area contributed by atoms with E-state index >= 15 is 0 Å². The highest BCUT2D eigenvalue weighted by molar-refractivity contribution is 7.81. The molecule has 0 aromatic heterocycles. The smallest absolute Gasteiger partial charge is 0.108 e. The molecule has 1 rings (SSSR count). The van der Waals surface area contributed by atoms with Crippen LogP contribution in [0.1, 0.15) is 40.5 Å². The summed E-state index contributed by atoms with van der Waals surface area (Å²) in [4.78, 5) is 1.82. The number of hydrogen-bond donors (Lipinski definition) is 1. The highest BCUT2D eigenvalue weighted by Crippen LogP contribution is 2.23. The summed E-state index contributed by atoms with van der Waals surface area (Å²) >= 11 is 4.62. The van der Waals surface area contributed by atoms with Gasteiger partial charge in [-0.1, -0.05) is 0 Å². The summed E-state index contributed by atoms with van der Waals surface area (Å²) in [6.45, 7) is 13.4. The van der Waals surface area contributed by atoms with E-state index in [1.807, 2.05) is 27.7 Å². The van der Waals surface area contributed by atoms with Gasteiger partial charge in [0.05, 0.1) is 38.1 Å². The van der Waals surface area contributed by atoms with Crippen LogP contribution in [-0.4, -0.2) is 74.7 Å². The van der Waals surface area contributed by atoms with Crippen LogP contribution in [0.3, 0.4) is 0 Å². The first kappa shape index (κ1) is 21.2. The van der Waals surface area contributed by atoms with E-state index in [-0.39, 0.29) is 11.7 Å². The van der Waals surface area contributed by atoms with Crippen molar-refractivity contribution in [2.24, 2.45) is 0 Å². The van der Waals surface area contributed by atoms with Crippen molar-refractivity contribution < 1.29 is 18.9 Å². The minimum atomic E-state index is -0.440. The van der Waals surface area contributed by atoms with E-state index in [4.69, 9.17) is 18.9 Å². The Balaban J connectivity index is 2.04. The highest BCUT2D eigenvalue weighted by atomic mass is 32.1. The number of nitrogens with zero attached hydrogens (tertiary/aromatic N) is 1. The monoisotopic (exact) mass is 349 g/mol. The van der Waals surface area contributed by atoms with Crippen LogP contribution < -0.4 is 0 Å². The molecule has 6 heteroatoms. The summed E-state index contributed by atoms with van der Waals surface area (Å²) in [6, 6.07) is 0. The third-order valence-corrected chi connectivity index (χ3v) is 3.97. The predicted octanol–water partition coefficient (Wildman–Crippen LogP) is 2.59. The molecule has 0 aromatic rings. The molecule has 0 bridgehead atoms. The molecule has 1 aliphatic heterocycles. The zero-order valence-electron chi connectivity index (χ0n) is 15.5. The first-order valence-electron chi connectivity index (χ1n) is 8.56. The number of morpholine rings is 1. The SMILES string of the molecule is CN1CCO[C@H](COC(C)(S)CCCOCCOC(C)(C)C)C1. The van der Waals surface area contributed by atoms with Gasteiger partial charge in [0.1, 0.15) is 4.93 Å². The van der Waals surface area contributed by atoms with Gasteiger partial charge in [-0.25, -0.2) is 0 Å². The van der Waals surface area contributed by atoms with Gasteiger partial charge >= 0.3 is 0 Å². The summed E-state index contributed by atoms with van der Waals surface area (Å²) in [5, 5.41) is 0. The molecular weight excluding hydrogens is 314 g/mol. The van der Waals surface area contributed by atoms with Gasteiger partial charge in [0, 0.05) is 19.7 Å². The first-order chi connectivity index (χ1) is 10.7. The molecule has 0 spiro atoms. The van der Waals surface area contributed by atoms with E-state index in [1.165, 1.54) is 0 Å². The molecule has 5 nitrogen and oxygen atoms in total. The second-order valence-corrected chi connectivity index (χ2v) is 8.36. The van der Waals surface area contributed by atoms with Gasteiger partial charge in [0.25, 0.3) is 0 Å². The Hall–Kier alpha value is 0.150. The molecule has 1 heterocycles. The normalized spacial score (nSPS) is 23.0. The van der Waals surface area contributed by atoms with Crippen molar-refractivity contribution in [1.29, 1.82) is 0 Å². The van der Waals surface area contributed by atoms with Crippen molar-refractivity contribution in [3.8, 4) is 0 Å². The molecule has 1 fully saturated rings. The minimum absolute atomic E-state index is 0.101. The van der Waals surface area contributed by atoms with Crippen molar-refractivity contribution in [2.75, 3.05) is 53.2 Å². The Kier molecular flexibility index (Phi) is 9.41. The zero-order valence-corrected chi connectivity index (χ0v) is 16.4. The van der Waals surface area contributed by atoms with E-state index < -0.39 is 4.93 Å². The average molecular weight is 350 g/mol. The topological polar surface area (TPSA) is 40.2 Å². The third kappa shape index (κ3) is 11.3. The molecule has 138 valence electrons. The molecule has 1 unspecified atom stereocenters. The van der Waals surface area contributed by atoms with Crippen molar-refractivity contribution >= 4 is 12.6 Å². The van der Waals surface area contributed by atoms with E-state index in [9.17, 15) is 0 Å². The number of ether oxygens (including phenoxy) is 4. The summed E-state index contributed by atoms with van der Waals surface area (Å²) in [7, 11) is 2.11. The molecule has 2 atom stereocenters. The van der Waals surface area contributed by atoms with Crippen LogP contribution in [0.15, 0.2) is 0 Å². The molecule has 0 amide bonds. The van der Waals surface area contributed by atoms with Crippen molar-refractivity contribution in [3.05, 3.63) is 0 Å². The van der Waals surface area contributed by atoms with Gasteiger partial charge < -0.3 is 23.8 Å². The van der Waals surface area contributed by atoms with Crippen LogP contribution in [0.2, 0.25) is 0 Å². The zero-order chi connectivity index (χ0) is 17.3. The van der Waals surface area contributed by atoms with Crippen LogP contribution >= 0.6 is 12.6 Å². The van der Waals surface area contributed by atoms with Crippen molar-refractivity contribution in [2.45, 2.75) is 57.2 Å². The Labute approximate surface area is 147 Å². The van der Waals surface area contributed by atoms with Gasteiger partial charge in [0.15, 0.2) is 0 Å². The second-order valence-electron chi connectivity index (χ2n) is 7.42. The lowest BCUT2D eigenvalue weighted by molar-refractivity contribution is -0.0872. The molecule has 0 aromatic carbocycles. The molecule has 1 aliphatic rings. The largest absolute Gasteiger partial charge is 0.379 e. The third-order valence-electron chi connectivity index (χ3n) is 3.61. The van der Waals surface area contributed by atoms with Crippen molar-refractivity contribution in [3.63, 3.8) is 0 Å². The van der Waals surface area contributed by atoms with Crippen LogP contribution in [0, 0.1) is 0 Å². The van der Waals surface area contributed by atoms with Gasteiger partial charge in [-0.15, -0.1) is 12.6 Å².